The van der Waals surface area contributed by atoms with Gasteiger partial charge in [0.1, 0.15) is 0 Å². The molecule has 0 amide bonds. The van der Waals surface area contributed by atoms with Crippen LogP contribution in [-0.4, -0.2) is 4.57 Å². The third-order valence-electron chi connectivity index (χ3n) is 18.2. The summed E-state index contributed by atoms with van der Waals surface area (Å²) in [6, 6.07) is 93.8. The Balaban J connectivity index is 1.06. The highest BCUT2D eigenvalue weighted by molar-refractivity contribution is 6.15. The van der Waals surface area contributed by atoms with Crippen molar-refractivity contribution in [3.05, 3.63) is 277 Å². The second kappa shape index (κ2) is 19.9. The molecule has 0 fully saturated rings. The first-order chi connectivity index (χ1) is 40.8. The molecule has 12 aromatic carbocycles. The third kappa shape index (κ3) is 9.13. The number of benzene rings is 12. The first-order valence-corrected chi connectivity index (χ1v) is 30.2. The van der Waals surface area contributed by atoms with Crippen molar-refractivity contribution >= 4 is 105 Å². The van der Waals surface area contributed by atoms with Crippen LogP contribution in [-0.2, 0) is 21.7 Å². The van der Waals surface area contributed by atoms with E-state index in [4.69, 9.17) is 0 Å². The highest BCUT2D eigenvalue weighted by Gasteiger charge is 2.38. The predicted octanol–water partition coefficient (Wildman–Crippen LogP) is 23.2. The Morgan fingerprint density at radius 2 is 0.635 bits per heavy atom. The van der Waals surface area contributed by atoms with Gasteiger partial charge in [-0.25, -0.2) is 0 Å². The molecule has 0 bridgehead atoms. The number of aromatic nitrogens is 1. The van der Waals surface area contributed by atoms with Crippen LogP contribution in [0.2, 0.25) is 0 Å². The molecule has 0 saturated carbocycles. The zero-order valence-corrected chi connectivity index (χ0v) is 51.0. The summed E-state index contributed by atoms with van der Waals surface area (Å²) in [4.78, 5) is 7.47. The van der Waals surface area contributed by atoms with E-state index < -0.39 is 5.41 Å². The fourth-order valence-corrected chi connectivity index (χ4v) is 13.4. The standard InChI is InChI=1S/C81H74N4/c1-78(2,3)56-33-39-59(40-34-56)82(72-30-18-24-53-21-12-15-27-65(53)72)62-45-47-75-68(49-62)69-50-64(84(61-43-37-58(38-44-61)80(7,8)9)74-32-20-26-55-23-14-17-29-67(55)74)52-71-77(69)85(75)76-48-46-63(51-70(76)81(71,10)11)83(60-41-35-57(36-42-60)79(4,5)6)73-31-19-25-54-22-13-16-28-66(54)73/h12-52H,1-11H3. The van der Waals surface area contributed by atoms with E-state index in [1.165, 1.54) is 82.1 Å². The summed E-state index contributed by atoms with van der Waals surface area (Å²) in [6.07, 6.45) is 0. The number of fused-ring (bicyclic) bond motifs is 8. The maximum absolute atomic E-state index is 2.58. The maximum atomic E-state index is 2.58. The Labute approximate surface area is 501 Å². The Bertz CT molecular complexity index is 4710. The Morgan fingerprint density at radius 1 is 0.294 bits per heavy atom. The van der Waals surface area contributed by atoms with Crippen molar-refractivity contribution in [2.45, 2.75) is 97.8 Å². The average molecular weight is 1100 g/mol. The van der Waals surface area contributed by atoms with E-state index in [0.29, 0.717) is 0 Å². The molecule has 4 nitrogen and oxygen atoms in total. The van der Waals surface area contributed by atoms with Crippen molar-refractivity contribution in [1.29, 1.82) is 0 Å². The summed E-state index contributed by atoms with van der Waals surface area (Å²) in [7, 11) is 0. The van der Waals surface area contributed by atoms with Gasteiger partial charge >= 0.3 is 0 Å². The monoisotopic (exact) mass is 1100 g/mol. The van der Waals surface area contributed by atoms with Crippen LogP contribution in [0.5, 0.6) is 0 Å². The van der Waals surface area contributed by atoms with E-state index in [0.717, 1.165) is 56.7 Å². The highest BCUT2D eigenvalue weighted by atomic mass is 15.2. The van der Waals surface area contributed by atoms with Gasteiger partial charge in [-0.3, -0.25) is 0 Å². The molecule has 1 aliphatic rings. The van der Waals surface area contributed by atoms with E-state index >= 15 is 0 Å². The second-order valence-corrected chi connectivity index (χ2v) is 27.1. The van der Waals surface area contributed by atoms with E-state index in [1.54, 1.807) is 0 Å². The maximum Gasteiger partial charge on any atom is 0.0583 e. The van der Waals surface area contributed by atoms with Gasteiger partial charge in [-0.15, -0.1) is 0 Å². The van der Waals surface area contributed by atoms with Gasteiger partial charge in [0.05, 0.1) is 33.8 Å². The first kappa shape index (κ1) is 53.6. The minimum Gasteiger partial charge on any atom is -0.310 e. The second-order valence-electron chi connectivity index (χ2n) is 27.1. The summed E-state index contributed by atoms with van der Waals surface area (Å²) < 4.78 is 2.58. The van der Waals surface area contributed by atoms with Crippen LogP contribution >= 0.6 is 0 Å². The Hall–Kier alpha value is -9.38. The normalized spacial score (nSPS) is 13.2. The third-order valence-corrected chi connectivity index (χ3v) is 18.2. The first-order valence-electron chi connectivity index (χ1n) is 30.2. The molecule has 0 spiro atoms. The van der Waals surface area contributed by atoms with E-state index in [9.17, 15) is 0 Å². The molecule has 1 aromatic heterocycles. The molecule has 13 aromatic rings. The molecule has 14 rings (SSSR count). The lowest BCUT2D eigenvalue weighted by molar-refractivity contribution is 0.590. The topological polar surface area (TPSA) is 14.7 Å². The minimum atomic E-state index is -0.475. The molecule has 2 heterocycles. The van der Waals surface area contributed by atoms with Gasteiger partial charge in [-0.05, 0) is 163 Å². The SMILES string of the molecule is CC(C)(C)c1ccc(N(c2ccc3c(c2)C(C)(C)c2cc(N(c4ccc(C(C)(C)C)cc4)c4cccc5ccccc45)cc4c5cc(N(c6ccc(C(C)(C)C)cc6)c6cccc7ccccc67)ccc5n-3c24)c2cccc3ccccc23)cc1. The Kier molecular flexibility index (Phi) is 12.5. The summed E-state index contributed by atoms with van der Waals surface area (Å²) in [5.41, 5.74) is 19.7. The molecule has 418 valence electrons. The van der Waals surface area contributed by atoms with Crippen LogP contribution < -0.4 is 14.7 Å². The van der Waals surface area contributed by atoms with Gasteiger partial charge in [0.25, 0.3) is 0 Å². The number of anilines is 9. The number of hydrogen-bond acceptors (Lipinski definition) is 3. The van der Waals surface area contributed by atoms with Crippen molar-refractivity contribution in [1.82, 2.24) is 4.57 Å². The van der Waals surface area contributed by atoms with Crippen molar-refractivity contribution in [2.24, 2.45) is 0 Å². The van der Waals surface area contributed by atoms with Gasteiger partial charge in [0.15, 0.2) is 0 Å². The molecule has 85 heavy (non-hydrogen) atoms. The van der Waals surface area contributed by atoms with Gasteiger partial charge in [0.2, 0.25) is 0 Å². The molecule has 0 atom stereocenters. The molecule has 0 N–H and O–H groups in total. The Morgan fingerprint density at radius 3 is 1.06 bits per heavy atom. The van der Waals surface area contributed by atoms with Gasteiger partial charge in [-0.1, -0.05) is 222 Å². The summed E-state index contributed by atoms with van der Waals surface area (Å²) >= 11 is 0. The van der Waals surface area contributed by atoms with Crippen LogP contribution in [0.1, 0.15) is 104 Å². The highest BCUT2D eigenvalue weighted by Crippen LogP contribution is 2.54. The molecule has 0 aliphatic carbocycles. The zero-order chi connectivity index (χ0) is 58.7. The van der Waals surface area contributed by atoms with Crippen LogP contribution in [0, 0.1) is 0 Å². The molecule has 4 heteroatoms. The fraction of sp³-hybridized carbons (Fsp3) is 0.185. The molecular weight excluding hydrogens is 1030 g/mol. The largest absolute Gasteiger partial charge is 0.310 e. The molecule has 1 aliphatic heterocycles. The summed E-state index contributed by atoms with van der Waals surface area (Å²) in [5.74, 6) is 0. The van der Waals surface area contributed by atoms with E-state index in [2.05, 4.69) is 344 Å². The molecule has 0 saturated heterocycles. The fourth-order valence-electron chi connectivity index (χ4n) is 13.4. The molecular formula is C81H74N4. The van der Waals surface area contributed by atoms with Gasteiger partial charge < -0.3 is 19.3 Å². The number of nitrogens with zero attached hydrogens (tertiary/aromatic N) is 4. The molecule has 0 unspecified atom stereocenters. The van der Waals surface area contributed by atoms with Crippen molar-refractivity contribution in [2.75, 3.05) is 14.7 Å². The summed E-state index contributed by atoms with van der Waals surface area (Å²) in [5, 5.41) is 9.63. The minimum absolute atomic E-state index is 0.00466. The van der Waals surface area contributed by atoms with Crippen molar-refractivity contribution in [3.63, 3.8) is 0 Å². The van der Waals surface area contributed by atoms with Crippen LogP contribution in [0.15, 0.2) is 249 Å². The lowest BCUT2D eigenvalue weighted by atomic mass is 9.74. The smallest absolute Gasteiger partial charge is 0.0583 e. The van der Waals surface area contributed by atoms with Gasteiger partial charge in [-0.2, -0.15) is 0 Å². The summed E-state index contributed by atoms with van der Waals surface area (Å²) in [6.45, 7) is 25.5. The van der Waals surface area contributed by atoms with E-state index in [-0.39, 0.29) is 16.2 Å². The van der Waals surface area contributed by atoms with Gasteiger partial charge in [0, 0.05) is 66.5 Å². The van der Waals surface area contributed by atoms with Crippen LogP contribution in [0.25, 0.3) is 59.8 Å². The number of rotatable bonds is 9. The predicted molar refractivity (Wildman–Crippen MR) is 366 cm³/mol. The van der Waals surface area contributed by atoms with Crippen LogP contribution in [0.3, 0.4) is 0 Å². The van der Waals surface area contributed by atoms with Crippen molar-refractivity contribution < 1.29 is 0 Å². The average Bonchev–Trinajstić information content (AvgIpc) is 1.72. The zero-order valence-electron chi connectivity index (χ0n) is 51.0. The van der Waals surface area contributed by atoms with E-state index in [1.807, 2.05) is 0 Å². The quantitative estimate of drug-likeness (QED) is 0.143. The lowest BCUT2D eigenvalue weighted by Gasteiger charge is -2.37. The number of hydrogen-bond donors (Lipinski definition) is 0. The van der Waals surface area contributed by atoms with Crippen LogP contribution in [0.4, 0.5) is 51.2 Å². The lowest BCUT2D eigenvalue weighted by Crippen LogP contribution is -2.27. The molecule has 0 radical (unpaired) electrons. The van der Waals surface area contributed by atoms with Crippen molar-refractivity contribution in [3.8, 4) is 5.69 Å².